The number of nitrogens with one attached hydrogen (secondary N) is 1. The van der Waals surface area contributed by atoms with Gasteiger partial charge in [0, 0.05) is 11.3 Å². The Labute approximate surface area is 163 Å². The lowest BCUT2D eigenvalue weighted by molar-refractivity contribution is 0.102. The highest BCUT2D eigenvalue weighted by molar-refractivity contribution is 6.37. The third-order valence-corrected chi connectivity index (χ3v) is 4.54. The fraction of sp³-hybridized carbons (Fsp3) is 0. The Balaban J connectivity index is 1.56. The second kappa shape index (κ2) is 7.02. The van der Waals surface area contributed by atoms with Gasteiger partial charge in [0.2, 0.25) is 5.89 Å². The first kappa shape index (κ1) is 17.5. The molecule has 0 fully saturated rings. The predicted molar refractivity (Wildman–Crippen MR) is 104 cm³/mol. The molecule has 1 heterocycles. The monoisotopic (exact) mass is 400 g/mol. The number of halogens is 3. The molecule has 0 radical (unpaired) electrons. The van der Waals surface area contributed by atoms with E-state index in [2.05, 4.69) is 10.3 Å². The summed E-state index contributed by atoms with van der Waals surface area (Å²) in [6.45, 7) is 0. The van der Waals surface area contributed by atoms with E-state index in [0.717, 1.165) is 17.1 Å². The zero-order chi connectivity index (χ0) is 19.0. The molecule has 0 saturated carbocycles. The first-order chi connectivity index (χ1) is 13.0. The average molecular weight is 401 g/mol. The molecule has 0 aliphatic rings. The third kappa shape index (κ3) is 3.52. The van der Waals surface area contributed by atoms with Gasteiger partial charge in [-0.3, -0.25) is 4.79 Å². The van der Waals surface area contributed by atoms with Gasteiger partial charge in [0.1, 0.15) is 11.3 Å². The summed E-state index contributed by atoms with van der Waals surface area (Å²) in [4.78, 5) is 16.8. The van der Waals surface area contributed by atoms with Crippen molar-refractivity contribution in [2.45, 2.75) is 0 Å². The summed E-state index contributed by atoms with van der Waals surface area (Å²) < 4.78 is 19.3. The third-order valence-electron chi connectivity index (χ3n) is 3.94. The molecule has 0 spiro atoms. The maximum atomic E-state index is 13.6. The van der Waals surface area contributed by atoms with E-state index >= 15 is 0 Å². The Hall–Kier alpha value is -2.89. The van der Waals surface area contributed by atoms with Gasteiger partial charge in [-0.05, 0) is 48.5 Å². The zero-order valence-corrected chi connectivity index (χ0v) is 15.2. The van der Waals surface area contributed by atoms with E-state index in [1.54, 1.807) is 24.3 Å². The van der Waals surface area contributed by atoms with Crippen molar-refractivity contribution in [3.8, 4) is 11.5 Å². The molecule has 7 heteroatoms. The summed E-state index contributed by atoms with van der Waals surface area (Å²) in [6.07, 6.45) is 0. The highest BCUT2D eigenvalue weighted by Crippen LogP contribution is 2.27. The molecular formula is C20H11Cl2FN2O2. The molecule has 4 aromatic rings. The van der Waals surface area contributed by atoms with E-state index in [1.165, 1.54) is 6.07 Å². The lowest BCUT2D eigenvalue weighted by atomic mass is 10.1. The highest BCUT2D eigenvalue weighted by Gasteiger charge is 2.15. The fourth-order valence-electron chi connectivity index (χ4n) is 2.59. The number of amides is 1. The Morgan fingerprint density at radius 2 is 1.74 bits per heavy atom. The van der Waals surface area contributed by atoms with Crippen LogP contribution in [0.25, 0.3) is 22.6 Å². The molecule has 0 aliphatic heterocycles. The second-order valence-corrected chi connectivity index (χ2v) is 6.58. The fourth-order valence-corrected chi connectivity index (χ4v) is 3.06. The number of rotatable bonds is 3. The van der Waals surface area contributed by atoms with E-state index in [9.17, 15) is 9.18 Å². The maximum absolute atomic E-state index is 13.6. The van der Waals surface area contributed by atoms with Gasteiger partial charge in [-0.1, -0.05) is 35.3 Å². The molecule has 0 atom stereocenters. The number of aromatic nitrogens is 1. The Kier molecular flexibility index (Phi) is 4.56. The molecule has 1 amide bonds. The average Bonchev–Trinajstić information content (AvgIpc) is 3.09. The van der Waals surface area contributed by atoms with Gasteiger partial charge in [0.25, 0.3) is 5.91 Å². The molecule has 27 heavy (non-hydrogen) atoms. The Morgan fingerprint density at radius 3 is 2.48 bits per heavy atom. The van der Waals surface area contributed by atoms with Crippen molar-refractivity contribution >= 4 is 45.9 Å². The topological polar surface area (TPSA) is 55.1 Å². The second-order valence-electron chi connectivity index (χ2n) is 5.76. The van der Waals surface area contributed by atoms with Crippen molar-refractivity contribution in [2.24, 2.45) is 0 Å². The molecule has 0 bridgehead atoms. The van der Waals surface area contributed by atoms with Gasteiger partial charge >= 0.3 is 0 Å². The number of carbonyl (C=O) groups excluding carboxylic acids is 1. The number of oxazole rings is 1. The lowest BCUT2D eigenvalue weighted by Gasteiger charge is -2.08. The predicted octanol–water partition coefficient (Wildman–Crippen LogP) is 6.19. The van der Waals surface area contributed by atoms with Crippen LogP contribution in [0, 0.1) is 5.82 Å². The quantitative estimate of drug-likeness (QED) is 0.417. The van der Waals surface area contributed by atoms with Crippen LogP contribution in [0.15, 0.2) is 65.1 Å². The van der Waals surface area contributed by atoms with Crippen molar-refractivity contribution in [1.82, 2.24) is 4.98 Å². The molecule has 1 N–H and O–H groups in total. The number of fused-ring (bicyclic) bond motifs is 1. The van der Waals surface area contributed by atoms with E-state index in [-0.39, 0.29) is 15.6 Å². The van der Waals surface area contributed by atoms with Crippen LogP contribution in [-0.4, -0.2) is 10.9 Å². The number of para-hydroxylation sites is 2. The summed E-state index contributed by atoms with van der Waals surface area (Å²) >= 11 is 11.6. The minimum atomic E-state index is -0.711. The van der Waals surface area contributed by atoms with Crippen molar-refractivity contribution in [1.29, 1.82) is 0 Å². The van der Waals surface area contributed by atoms with Gasteiger partial charge in [0.15, 0.2) is 5.58 Å². The summed E-state index contributed by atoms with van der Waals surface area (Å²) in [6, 6.07) is 16.6. The first-order valence-corrected chi connectivity index (χ1v) is 8.69. The van der Waals surface area contributed by atoms with Crippen molar-refractivity contribution in [2.75, 3.05) is 5.32 Å². The highest BCUT2D eigenvalue weighted by atomic mass is 35.5. The summed E-state index contributed by atoms with van der Waals surface area (Å²) in [5, 5.41) is 2.60. The standard InChI is InChI=1S/C20H11Cl2FN2O2/c21-14-10-15(22)16(23)9-13(14)19(26)24-12-7-5-11(6-8-12)20-25-17-3-1-2-4-18(17)27-20/h1-10H,(H,24,26). The SMILES string of the molecule is O=C(Nc1ccc(-c2nc3ccccc3o2)cc1)c1cc(F)c(Cl)cc1Cl. The molecule has 0 saturated heterocycles. The summed E-state index contributed by atoms with van der Waals surface area (Å²) in [7, 11) is 0. The summed E-state index contributed by atoms with van der Waals surface area (Å²) in [5.41, 5.74) is 2.75. The van der Waals surface area contributed by atoms with Gasteiger partial charge in [-0.2, -0.15) is 0 Å². The Bertz CT molecular complexity index is 1120. The molecule has 4 nitrogen and oxygen atoms in total. The van der Waals surface area contributed by atoms with Crippen LogP contribution in [0.3, 0.4) is 0 Å². The van der Waals surface area contributed by atoms with Gasteiger partial charge < -0.3 is 9.73 Å². The zero-order valence-electron chi connectivity index (χ0n) is 13.7. The van der Waals surface area contributed by atoms with Crippen LogP contribution in [0.4, 0.5) is 10.1 Å². The van der Waals surface area contributed by atoms with Crippen LogP contribution in [0.2, 0.25) is 10.0 Å². The molecular weight excluding hydrogens is 390 g/mol. The van der Waals surface area contributed by atoms with Crippen molar-refractivity contribution in [3.63, 3.8) is 0 Å². The minimum Gasteiger partial charge on any atom is -0.436 e. The molecule has 134 valence electrons. The van der Waals surface area contributed by atoms with E-state index in [4.69, 9.17) is 27.6 Å². The number of hydrogen-bond donors (Lipinski definition) is 1. The van der Waals surface area contributed by atoms with Crippen LogP contribution in [0.5, 0.6) is 0 Å². The smallest absolute Gasteiger partial charge is 0.257 e. The molecule has 1 aromatic heterocycles. The van der Waals surface area contributed by atoms with E-state index in [1.807, 2.05) is 24.3 Å². The molecule has 4 rings (SSSR count). The van der Waals surface area contributed by atoms with Gasteiger partial charge in [0.05, 0.1) is 15.6 Å². The largest absolute Gasteiger partial charge is 0.436 e. The number of hydrogen-bond acceptors (Lipinski definition) is 3. The Morgan fingerprint density at radius 1 is 1.00 bits per heavy atom. The van der Waals surface area contributed by atoms with Gasteiger partial charge in [-0.15, -0.1) is 0 Å². The van der Waals surface area contributed by atoms with Crippen LogP contribution in [-0.2, 0) is 0 Å². The summed E-state index contributed by atoms with van der Waals surface area (Å²) in [5.74, 6) is -0.764. The first-order valence-electron chi connectivity index (χ1n) is 7.93. The van der Waals surface area contributed by atoms with Crippen molar-refractivity contribution < 1.29 is 13.6 Å². The van der Waals surface area contributed by atoms with E-state index in [0.29, 0.717) is 17.2 Å². The van der Waals surface area contributed by atoms with Crippen LogP contribution < -0.4 is 5.32 Å². The number of carbonyl (C=O) groups is 1. The molecule has 0 aliphatic carbocycles. The molecule has 0 unspecified atom stereocenters. The van der Waals surface area contributed by atoms with Crippen LogP contribution >= 0.6 is 23.2 Å². The number of benzene rings is 3. The minimum absolute atomic E-state index is 0.00148. The van der Waals surface area contributed by atoms with Crippen molar-refractivity contribution in [3.05, 3.63) is 82.1 Å². The normalized spacial score (nSPS) is 10.9. The lowest BCUT2D eigenvalue weighted by Crippen LogP contribution is -2.12. The van der Waals surface area contributed by atoms with Crippen LogP contribution in [0.1, 0.15) is 10.4 Å². The molecule has 3 aromatic carbocycles. The van der Waals surface area contributed by atoms with Gasteiger partial charge in [-0.25, -0.2) is 9.37 Å². The number of nitrogens with zero attached hydrogens (tertiary/aromatic N) is 1. The maximum Gasteiger partial charge on any atom is 0.257 e. The number of anilines is 1. The van der Waals surface area contributed by atoms with E-state index < -0.39 is 11.7 Å².